The summed E-state index contributed by atoms with van der Waals surface area (Å²) >= 11 is -0.504. The predicted molar refractivity (Wildman–Crippen MR) is 82.3 cm³/mol. The number of Topliss-reactive ketones (excluding diaryl/α,β-unsaturated/α-hetero) is 2. The third-order valence-corrected chi connectivity index (χ3v) is 3.21. The van der Waals surface area contributed by atoms with E-state index in [0.717, 1.165) is 26.1 Å². The predicted octanol–water partition coefficient (Wildman–Crippen LogP) is -0.0369. The van der Waals surface area contributed by atoms with Gasteiger partial charge in [-0.1, -0.05) is 13.8 Å². The molecule has 0 aromatic heterocycles. The van der Waals surface area contributed by atoms with Crippen molar-refractivity contribution in [3.8, 4) is 0 Å². The Bertz CT molecular complexity index is 337. The summed E-state index contributed by atoms with van der Waals surface area (Å²) in [6, 6.07) is 0. The van der Waals surface area contributed by atoms with Crippen LogP contribution in [0.2, 0.25) is 0 Å². The number of aliphatic carboxylic acids is 2. The third kappa shape index (κ3) is 35.0. The Labute approximate surface area is 159 Å². The molecular weight excluding hydrogens is 368 g/mol. The van der Waals surface area contributed by atoms with Crippen molar-refractivity contribution in [1.29, 1.82) is 0 Å². The molecule has 9 heteroatoms. The molecule has 0 atom stereocenters. The number of carboxylic acid groups (broad SMARTS) is 2. The van der Waals surface area contributed by atoms with Crippen LogP contribution in [0.4, 0.5) is 0 Å². The first kappa shape index (κ1) is 28.7. The molecule has 0 saturated carbocycles. The maximum atomic E-state index is 10.2. The van der Waals surface area contributed by atoms with Gasteiger partial charge >= 0.3 is 66.5 Å². The Morgan fingerprint density at radius 1 is 0.720 bits per heavy atom. The third-order valence-electron chi connectivity index (χ3n) is 2.20. The van der Waals surface area contributed by atoms with Gasteiger partial charge in [0.1, 0.15) is 11.6 Å². The normalized spacial score (nSPS) is 8.80. The Morgan fingerprint density at radius 3 is 1.20 bits per heavy atom. The Kier molecular flexibility index (Phi) is 26.3. The van der Waals surface area contributed by atoms with Gasteiger partial charge in [-0.25, -0.2) is 0 Å². The van der Waals surface area contributed by atoms with Crippen LogP contribution in [0.3, 0.4) is 0 Å². The van der Waals surface area contributed by atoms with Crippen molar-refractivity contribution in [2.45, 2.75) is 66.2 Å². The second kappa shape index (κ2) is 22.9. The molecule has 0 radical (unpaired) electrons. The van der Waals surface area contributed by atoms with E-state index in [1.807, 2.05) is 0 Å². The maximum absolute atomic E-state index is 10.2. The summed E-state index contributed by atoms with van der Waals surface area (Å²) in [5.74, 6) is -3.16. The zero-order valence-electron chi connectivity index (χ0n) is 15.4. The van der Waals surface area contributed by atoms with Gasteiger partial charge in [0, 0.05) is 37.6 Å². The van der Waals surface area contributed by atoms with E-state index in [-0.39, 0.29) is 24.4 Å². The molecule has 0 aromatic carbocycles. The molecule has 0 unspecified atom stereocenters. The van der Waals surface area contributed by atoms with Gasteiger partial charge in [0.25, 0.3) is 0 Å². The van der Waals surface area contributed by atoms with Crippen molar-refractivity contribution in [2.75, 3.05) is 13.2 Å². The minimum atomic E-state index is -1.29. The molecule has 0 rings (SSSR count). The molecule has 8 nitrogen and oxygen atoms in total. The van der Waals surface area contributed by atoms with Gasteiger partial charge in [-0.05, 0) is 0 Å². The van der Waals surface area contributed by atoms with Crippen LogP contribution in [-0.2, 0) is 45.7 Å². The van der Waals surface area contributed by atoms with Crippen LogP contribution in [0.5, 0.6) is 0 Å². The van der Waals surface area contributed by atoms with Gasteiger partial charge in [-0.15, -0.1) is 0 Å². The van der Waals surface area contributed by atoms with Crippen molar-refractivity contribution in [1.82, 2.24) is 0 Å². The van der Waals surface area contributed by atoms with Crippen LogP contribution >= 0.6 is 0 Å². The van der Waals surface area contributed by atoms with Crippen LogP contribution < -0.4 is 10.2 Å². The van der Waals surface area contributed by atoms with Gasteiger partial charge in [-0.2, -0.15) is 0 Å². The van der Waals surface area contributed by atoms with E-state index in [1.165, 1.54) is 0 Å². The minimum absolute atomic E-state index is 0.272. The zero-order valence-corrected chi connectivity index (χ0v) is 17.0. The van der Waals surface area contributed by atoms with Crippen molar-refractivity contribution in [3.05, 3.63) is 0 Å². The van der Waals surface area contributed by atoms with Crippen molar-refractivity contribution in [3.63, 3.8) is 0 Å². The first-order valence-corrected chi connectivity index (χ1v) is 9.44. The van der Waals surface area contributed by atoms with Gasteiger partial charge in [0.15, 0.2) is 0 Å². The number of carboxylic acids is 2. The topological polar surface area (TPSA) is 133 Å². The number of hydrogen-bond donors (Lipinski definition) is 0. The fraction of sp³-hybridized carbons (Fsp3) is 0.750. The fourth-order valence-corrected chi connectivity index (χ4v) is 1.93. The molecular formula is C16H28O8Ti. The van der Waals surface area contributed by atoms with Crippen LogP contribution in [0.25, 0.3) is 0 Å². The van der Waals surface area contributed by atoms with E-state index >= 15 is 0 Å². The number of hydrogen-bond acceptors (Lipinski definition) is 8. The molecule has 0 saturated heterocycles. The van der Waals surface area contributed by atoms with Crippen LogP contribution in [-0.4, -0.2) is 36.7 Å². The van der Waals surface area contributed by atoms with Crippen LogP contribution in [0.15, 0.2) is 0 Å². The first-order valence-electron chi connectivity index (χ1n) is 8.16. The van der Waals surface area contributed by atoms with Crippen molar-refractivity contribution < 1.29 is 56.0 Å². The molecule has 0 aliphatic carbocycles. The van der Waals surface area contributed by atoms with E-state index in [0.29, 0.717) is 0 Å². The molecule has 0 amide bonds. The number of rotatable bonds is 12. The summed E-state index contributed by atoms with van der Waals surface area (Å²) in [6.45, 7) is 9.17. The van der Waals surface area contributed by atoms with Gasteiger partial charge < -0.3 is 19.8 Å². The number of ketones is 2. The fourth-order valence-electron chi connectivity index (χ4n) is 0.901. The molecule has 0 spiro atoms. The molecule has 0 aliphatic rings. The SMILES string of the molecule is CCC(=O)CC(=O)[O-].CCC(=O)CC(=O)[O-].CCC[O][Ti+2][O]CCC. The van der Waals surface area contributed by atoms with Crippen LogP contribution in [0, 0.1) is 0 Å². The molecule has 0 aromatic rings. The van der Waals surface area contributed by atoms with Gasteiger partial charge in [-0.3, -0.25) is 9.59 Å². The van der Waals surface area contributed by atoms with Crippen LogP contribution in [0.1, 0.15) is 66.2 Å². The Balaban J connectivity index is -0.000000291. The van der Waals surface area contributed by atoms with E-state index < -0.39 is 44.7 Å². The molecule has 0 bridgehead atoms. The summed E-state index contributed by atoms with van der Waals surface area (Å²) in [5, 5.41) is 19.3. The molecule has 0 aliphatic heterocycles. The summed E-state index contributed by atoms with van der Waals surface area (Å²) < 4.78 is 10.4. The average molecular weight is 396 g/mol. The summed E-state index contributed by atoms with van der Waals surface area (Å²) in [7, 11) is 0. The molecule has 144 valence electrons. The van der Waals surface area contributed by atoms with Crippen molar-refractivity contribution in [2.24, 2.45) is 0 Å². The quantitative estimate of drug-likeness (QED) is 0.255. The second-order valence-corrected chi connectivity index (χ2v) is 5.82. The summed E-state index contributed by atoms with van der Waals surface area (Å²) in [5.41, 5.74) is 0. The monoisotopic (exact) mass is 396 g/mol. The average Bonchev–Trinajstić information content (AvgIpc) is 2.54. The standard InChI is InChI=1S/2C5H8O3.2C3H7O.Ti/c2*1-2-4(6)3-5(7)8;2*1-2-3-4;/h2*2-3H2,1H3,(H,7,8);2*2-3H2,1H3;/q;;2*-1;+4/p-2. The molecule has 0 heterocycles. The number of carbonyl (C=O) groups excluding carboxylic acids is 4. The number of carbonyl (C=O) groups is 4. The molecule has 0 N–H and O–H groups in total. The van der Waals surface area contributed by atoms with E-state index in [4.69, 9.17) is 6.64 Å². The van der Waals surface area contributed by atoms with Gasteiger partial charge in [0.2, 0.25) is 0 Å². The van der Waals surface area contributed by atoms with Gasteiger partial charge in [0.05, 0.1) is 0 Å². The second-order valence-electron chi connectivity index (χ2n) is 4.66. The summed E-state index contributed by atoms with van der Waals surface area (Å²) in [6.07, 6.45) is 1.84. The van der Waals surface area contributed by atoms with E-state index in [9.17, 15) is 29.4 Å². The molecule has 25 heavy (non-hydrogen) atoms. The zero-order chi connectivity index (χ0) is 20.1. The van der Waals surface area contributed by atoms with E-state index in [2.05, 4.69) is 13.8 Å². The van der Waals surface area contributed by atoms with Crippen molar-refractivity contribution >= 4 is 23.5 Å². The first-order chi connectivity index (χ1) is 11.7. The summed E-state index contributed by atoms with van der Waals surface area (Å²) in [4.78, 5) is 39.7. The van der Waals surface area contributed by atoms with E-state index in [1.54, 1.807) is 13.8 Å². The molecule has 0 fully saturated rings. The Morgan fingerprint density at radius 2 is 1.04 bits per heavy atom. The Hall–Kier alpha value is -1.09.